The van der Waals surface area contributed by atoms with Gasteiger partial charge < -0.3 is 51.9 Å². The van der Waals surface area contributed by atoms with Crippen molar-refractivity contribution in [3.8, 4) is 5.75 Å². The fourth-order valence-corrected chi connectivity index (χ4v) is 5.04. The van der Waals surface area contributed by atoms with Crippen molar-refractivity contribution in [2.45, 2.75) is 57.5 Å². The predicted octanol–water partition coefficient (Wildman–Crippen LogP) is 3.28. The van der Waals surface area contributed by atoms with E-state index >= 15 is 0 Å². The number of ether oxygens (including phenoxy) is 2. The molecule has 0 aromatic heterocycles. The summed E-state index contributed by atoms with van der Waals surface area (Å²) in [5, 5.41) is 64.1. The predicted molar refractivity (Wildman–Crippen MR) is 166 cm³/mol. The molecule has 5 rings (SSSR count). The minimum Gasteiger partial charge on any atom is -0.678 e. The number of fused-ring (bicyclic) bond motifs is 2. The van der Waals surface area contributed by atoms with E-state index in [2.05, 4.69) is 47.8 Å². The average Bonchev–Trinajstić information content (AvgIpc) is 2.98. The van der Waals surface area contributed by atoms with Crippen LogP contribution in [0.2, 0.25) is 0 Å². The Morgan fingerprint density at radius 2 is 1.28 bits per heavy atom. The molecule has 3 unspecified atom stereocenters. The third-order valence-electron chi connectivity index (χ3n) is 6.53. The van der Waals surface area contributed by atoms with E-state index in [0.29, 0.717) is 19.3 Å². The second-order valence-electron chi connectivity index (χ2n) is 9.58. The van der Waals surface area contributed by atoms with E-state index in [4.69, 9.17) is 76.1 Å². The molecule has 2 fully saturated rings. The van der Waals surface area contributed by atoms with Gasteiger partial charge in [-0.05, 0) is 29.2 Å². The van der Waals surface area contributed by atoms with Crippen LogP contribution < -0.4 is 4.74 Å². The molecular formula is C26H40Cu2N6O16+2. The van der Waals surface area contributed by atoms with E-state index in [1.54, 1.807) is 0 Å². The van der Waals surface area contributed by atoms with Crippen molar-refractivity contribution >= 4 is 11.8 Å². The number of para-hydroxylation sites is 1. The van der Waals surface area contributed by atoms with Crippen LogP contribution in [0.1, 0.15) is 48.8 Å². The molecule has 2 aromatic carbocycles. The molecule has 0 bridgehead atoms. The summed E-state index contributed by atoms with van der Waals surface area (Å²) in [4.78, 5) is 33.4. The minimum atomic E-state index is -1.50. The summed E-state index contributed by atoms with van der Waals surface area (Å²) >= 11 is 0. The quantitative estimate of drug-likeness (QED) is 0.141. The number of hydrogen-bond donors (Lipinski definition) is 4. The molecule has 2 aromatic rings. The van der Waals surface area contributed by atoms with Gasteiger partial charge in [0.2, 0.25) is 0 Å². The molecule has 2 heterocycles. The minimum absolute atomic E-state index is 0. The molecule has 1 aliphatic carbocycles. The topological polar surface area (TPSA) is 366 Å². The number of benzene rings is 2. The molecule has 22 nitrogen and oxygen atoms in total. The first-order valence-electron chi connectivity index (χ1n) is 13.6. The molecule has 1 saturated heterocycles. The van der Waals surface area contributed by atoms with Gasteiger partial charge in [0.15, 0.2) is 0 Å². The van der Waals surface area contributed by atoms with E-state index in [1.165, 1.54) is 31.2 Å². The average molecular weight is 820 g/mol. The van der Waals surface area contributed by atoms with Crippen LogP contribution in [0.5, 0.6) is 5.75 Å². The van der Waals surface area contributed by atoms with Crippen molar-refractivity contribution < 1.29 is 95.7 Å². The first-order chi connectivity index (χ1) is 21.8. The second-order valence-corrected chi connectivity index (χ2v) is 9.58. The zero-order valence-corrected chi connectivity index (χ0v) is 28.0. The summed E-state index contributed by atoms with van der Waals surface area (Å²) in [6.07, 6.45) is 10.8. The van der Waals surface area contributed by atoms with Gasteiger partial charge in [-0.25, -0.2) is 0 Å². The summed E-state index contributed by atoms with van der Waals surface area (Å²) in [6.45, 7) is 2.92. The van der Waals surface area contributed by atoms with E-state index in [1.807, 2.05) is 12.1 Å². The van der Waals surface area contributed by atoms with Gasteiger partial charge in [0.25, 0.3) is 20.3 Å². The van der Waals surface area contributed by atoms with Crippen LogP contribution in [0.25, 0.3) is 16.7 Å². The van der Waals surface area contributed by atoms with Crippen LogP contribution in [0.15, 0.2) is 48.5 Å². The number of nitrogens with zero attached hydrogens (tertiary/aromatic N) is 6. The Hall–Kier alpha value is -4.54. The normalized spacial score (nSPS) is 17.0. The summed E-state index contributed by atoms with van der Waals surface area (Å²) in [5.74, 6) is 1.60. The first-order valence-corrected chi connectivity index (χ1v) is 13.6. The molecule has 3 atom stereocenters. The maximum atomic E-state index is 8.36. The maximum absolute atomic E-state index is 8.36. The van der Waals surface area contributed by atoms with E-state index in [0.717, 1.165) is 48.0 Å². The Morgan fingerprint density at radius 1 is 0.760 bits per heavy atom. The van der Waals surface area contributed by atoms with Gasteiger partial charge in [-0.2, -0.15) is 0 Å². The Morgan fingerprint density at radius 3 is 1.86 bits per heavy atom. The van der Waals surface area contributed by atoms with Crippen molar-refractivity contribution in [3.05, 3.63) is 116 Å². The standard InChI is InChI=1S/C26H30N2O2.2Cu.4HNO3.2H2O/c1-6-19(17-29-23-12-2-8-21-10-4-14-27-25(21)23)16-20(7-1)18-30-24-13-3-9-22-11-5-15-28-26(22)24;;;4*2-1(3)4;;/h1-2,4,6-8,10,12,16,22,24,26H,3,5,9,11,13-15,17-18H2;;;4*(H,2,3,4);2*1H2/q-2;2*+1;;;;;;/p+2. The first kappa shape index (κ1) is 52.3. The van der Waals surface area contributed by atoms with Gasteiger partial charge in [0, 0.05) is 6.10 Å². The number of hydrogen-bond acceptors (Lipinski definition) is 10. The van der Waals surface area contributed by atoms with Crippen molar-refractivity contribution in [2.75, 3.05) is 13.1 Å². The van der Waals surface area contributed by atoms with Crippen molar-refractivity contribution in [3.63, 3.8) is 0 Å². The zero-order chi connectivity index (χ0) is 34.5. The molecule has 0 spiro atoms. The molecule has 0 radical (unpaired) electrons. The van der Waals surface area contributed by atoms with Crippen molar-refractivity contribution in [2.24, 2.45) is 5.92 Å². The van der Waals surface area contributed by atoms with Gasteiger partial charge in [0.1, 0.15) is 12.4 Å². The third kappa shape index (κ3) is 23.7. The van der Waals surface area contributed by atoms with Crippen LogP contribution in [0, 0.1) is 46.4 Å². The molecule has 0 amide bonds. The van der Waals surface area contributed by atoms with Gasteiger partial charge in [-0.15, -0.1) is 65.7 Å². The summed E-state index contributed by atoms with van der Waals surface area (Å²) in [7, 11) is 0. The van der Waals surface area contributed by atoms with E-state index in [-0.39, 0.29) is 51.2 Å². The van der Waals surface area contributed by atoms with Crippen LogP contribution >= 0.6 is 0 Å². The fourth-order valence-electron chi connectivity index (χ4n) is 5.04. The molecule has 10 N–H and O–H groups in total. The molecule has 2 aliphatic heterocycles. The second kappa shape index (κ2) is 29.4. The van der Waals surface area contributed by atoms with Gasteiger partial charge in [-0.1, -0.05) is 79.8 Å². The van der Waals surface area contributed by atoms with Crippen LogP contribution in [-0.4, -0.2) is 66.4 Å². The third-order valence-corrected chi connectivity index (χ3v) is 6.53. The molecule has 24 heteroatoms. The van der Waals surface area contributed by atoms with Crippen molar-refractivity contribution in [1.82, 2.24) is 0 Å². The summed E-state index contributed by atoms with van der Waals surface area (Å²) < 4.78 is 12.5. The van der Waals surface area contributed by atoms with Gasteiger partial charge in [0.05, 0.1) is 6.61 Å². The van der Waals surface area contributed by atoms with Gasteiger partial charge >= 0.3 is 34.1 Å². The van der Waals surface area contributed by atoms with Crippen LogP contribution in [0.3, 0.4) is 0 Å². The molecule has 290 valence electrons. The van der Waals surface area contributed by atoms with Crippen LogP contribution in [0.4, 0.5) is 5.69 Å². The number of rotatable bonds is 6. The molecule has 3 aliphatic rings. The van der Waals surface area contributed by atoms with E-state index in [9.17, 15) is 0 Å². The SMILES string of the molecule is C1=Cc2cccc(OCc3cccc(COC4CCCC5CCC[N-]C54)c3)c2[N-]C1.O=[N+]([O-])O.O=[N+]([O-])O.O=[N+]([O-])O.O=[N+]([O-])O.[Cu+].[Cu+].[OH3+].[OH3+]. The van der Waals surface area contributed by atoms with Gasteiger partial charge in [-0.3, -0.25) is 0 Å². The van der Waals surface area contributed by atoms with Crippen LogP contribution in [-0.2, 0) is 63.0 Å². The maximum Gasteiger partial charge on any atom is 1.00 e. The Kier molecular flexibility index (Phi) is 30.7. The van der Waals surface area contributed by atoms with E-state index < -0.39 is 20.3 Å². The molecule has 50 heavy (non-hydrogen) atoms. The smallest absolute Gasteiger partial charge is 0.678 e. The Balaban J connectivity index is -0.000000451. The Labute approximate surface area is 305 Å². The monoisotopic (exact) mass is 818 g/mol. The summed E-state index contributed by atoms with van der Waals surface area (Å²) in [6, 6.07) is 15.1. The Bertz CT molecular complexity index is 1250. The zero-order valence-electron chi connectivity index (χ0n) is 26.1. The summed E-state index contributed by atoms with van der Waals surface area (Å²) in [5.41, 5.74) is 4.45. The molecular weight excluding hydrogens is 779 g/mol. The number of piperidine rings is 1. The fraction of sp³-hybridized carbons (Fsp3) is 0.462. The molecule has 1 saturated carbocycles. The largest absolute Gasteiger partial charge is 1.00 e. The van der Waals surface area contributed by atoms with Crippen molar-refractivity contribution in [1.29, 1.82) is 0 Å².